The number of H-pyrrole nitrogens is 1. The van der Waals surface area contributed by atoms with Crippen LogP contribution in [0.3, 0.4) is 0 Å². The molecule has 1 aliphatic heterocycles. The van der Waals surface area contributed by atoms with Gasteiger partial charge in [-0.3, -0.25) is 9.59 Å². The molecule has 0 saturated carbocycles. The number of nitrogens with one attached hydrogen (secondary N) is 2. The third kappa shape index (κ3) is 5.99. The van der Waals surface area contributed by atoms with Gasteiger partial charge in [0.1, 0.15) is 5.75 Å². The molecule has 4 rings (SSSR count). The molecule has 3 heterocycles. The van der Waals surface area contributed by atoms with E-state index >= 15 is 0 Å². The summed E-state index contributed by atoms with van der Waals surface area (Å²) in [5, 5.41) is 13.1. The Labute approximate surface area is 224 Å². The number of aliphatic hydroxyl groups is 1. The van der Waals surface area contributed by atoms with Gasteiger partial charge in [0.05, 0.1) is 24.8 Å². The fourth-order valence-corrected chi connectivity index (χ4v) is 5.67. The van der Waals surface area contributed by atoms with Crippen LogP contribution in [0.1, 0.15) is 53.1 Å². The number of hydrogen-bond acceptors (Lipinski definition) is 5. The highest BCUT2D eigenvalue weighted by molar-refractivity contribution is 6.08. The molecule has 8 nitrogen and oxygen atoms in total. The number of hydrogen-bond donors (Lipinski definition) is 3. The van der Waals surface area contributed by atoms with Crippen molar-refractivity contribution in [1.82, 2.24) is 19.8 Å². The van der Waals surface area contributed by atoms with Crippen LogP contribution in [0.4, 0.5) is 13.2 Å². The van der Waals surface area contributed by atoms with Gasteiger partial charge in [-0.05, 0) is 64.8 Å². The number of para-hydroxylation sites is 1. The van der Waals surface area contributed by atoms with Crippen LogP contribution in [0.15, 0.2) is 35.1 Å². The number of β-amino-alcohol motifs (C(OH)–C–C–N with tert-alkyl or cyclic N) is 1. The molecule has 2 aromatic heterocycles. The minimum absolute atomic E-state index is 0.00560. The summed E-state index contributed by atoms with van der Waals surface area (Å²) in [6, 6.07) is 9.32. The number of aromatic nitrogens is 2. The minimum atomic E-state index is -4.62. The van der Waals surface area contributed by atoms with E-state index in [-0.39, 0.29) is 30.0 Å². The van der Waals surface area contributed by atoms with Gasteiger partial charge in [-0.1, -0.05) is 18.2 Å². The number of piperidine rings is 1. The number of alkyl halides is 3. The maximum atomic E-state index is 13.5. The van der Waals surface area contributed by atoms with E-state index in [0.717, 1.165) is 16.6 Å². The molecule has 3 N–H and O–H groups in total. The lowest BCUT2D eigenvalue weighted by Crippen LogP contribution is -2.45. The largest absolute Gasteiger partial charge is 0.496 e. The van der Waals surface area contributed by atoms with Gasteiger partial charge in [0.25, 0.3) is 11.5 Å². The van der Waals surface area contributed by atoms with Crippen LogP contribution in [0.2, 0.25) is 0 Å². The monoisotopic (exact) mass is 548 g/mol. The molecule has 1 saturated heterocycles. The number of nitrogens with zero attached hydrogens (tertiary/aromatic N) is 2. The first-order chi connectivity index (χ1) is 18.4. The molecule has 0 aliphatic carbocycles. The second-order valence-corrected chi connectivity index (χ2v) is 10.3. The maximum Gasteiger partial charge on any atom is 0.415 e. The second kappa shape index (κ2) is 11.4. The lowest BCUT2D eigenvalue weighted by Gasteiger charge is -2.37. The second-order valence-electron chi connectivity index (χ2n) is 10.3. The Morgan fingerprint density at radius 3 is 2.54 bits per heavy atom. The Balaban J connectivity index is 1.54. The zero-order valence-electron chi connectivity index (χ0n) is 22.6. The summed E-state index contributed by atoms with van der Waals surface area (Å²) >= 11 is 0. The number of aliphatic hydroxyl groups excluding tert-OH is 1. The van der Waals surface area contributed by atoms with Gasteiger partial charge >= 0.3 is 6.18 Å². The van der Waals surface area contributed by atoms with Crippen molar-refractivity contribution in [2.24, 2.45) is 5.92 Å². The molecule has 0 bridgehead atoms. The smallest absolute Gasteiger partial charge is 0.415 e. The highest BCUT2D eigenvalue weighted by Crippen LogP contribution is 2.36. The number of aromatic amines is 1. The average Bonchev–Trinajstić information content (AvgIpc) is 3.18. The lowest BCUT2D eigenvalue weighted by molar-refractivity contribution is -0.208. The van der Waals surface area contributed by atoms with Crippen LogP contribution in [-0.4, -0.2) is 64.5 Å². The molecule has 0 spiro atoms. The van der Waals surface area contributed by atoms with Gasteiger partial charge in [0.2, 0.25) is 0 Å². The van der Waals surface area contributed by atoms with Crippen LogP contribution in [0.25, 0.3) is 10.9 Å². The number of benzene rings is 1. The van der Waals surface area contributed by atoms with E-state index in [1.165, 1.54) is 7.11 Å². The number of likely N-dealkylation sites (tertiary alicyclic amines) is 1. The van der Waals surface area contributed by atoms with Crippen molar-refractivity contribution in [3.05, 3.63) is 63.2 Å². The lowest BCUT2D eigenvalue weighted by atomic mass is 9.89. The van der Waals surface area contributed by atoms with Crippen LogP contribution < -0.4 is 15.6 Å². The molecule has 1 aromatic carbocycles. The number of ether oxygens (including phenoxy) is 1. The molecular formula is C28H35F3N4O4. The summed E-state index contributed by atoms with van der Waals surface area (Å²) in [5.41, 5.74) is 2.85. The van der Waals surface area contributed by atoms with Crippen molar-refractivity contribution < 1.29 is 27.8 Å². The van der Waals surface area contributed by atoms with Crippen molar-refractivity contribution in [3.63, 3.8) is 0 Å². The van der Waals surface area contributed by atoms with Gasteiger partial charge < -0.3 is 29.6 Å². The van der Waals surface area contributed by atoms with Crippen LogP contribution in [0, 0.1) is 19.8 Å². The van der Waals surface area contributed by atoms with E-state index in [1.807, 2.05) is 31.2 Å². The zero-order chi connectivity index (χ0) is 28.5. The average molecular weight is 549 g/mol. The van der Waals surface area contributed by atoms with Gasteiger partial charge in [-0.2, -0.15) is 13.2 Å². The number of amides is 1. The Morgan fingerprint density at radius 1 is 1.23 bits per heavy atom. The van der Waals surface area contributed by atoms with Gasteiger partial charge in [-0.25, -0.2) is 0 Å². The standard InChI is InChI=1S/C28H35F3N4O4/c1-16-13-23(39-4)21(26(37)33-16)14-32-27(38)25-18(3)35(22-8-6-5-7-20(22)25)17(2)19-9-11-34(12-10-19)15-24(36)28(29,30)31/h5-8,13,17,19,24,36H,9-12,14-15H2,1-4H3,(H,32,38)(H,33,37). The predicted molar refractivity (Wildman–Crippen MR) is 142 cm³/mol. The fourth-order valence-electron chi connectivity index (χ4n) is 5.67. The summed E-state index contributed by atoms with van der Waals surface area (Å²) < 4.78 is 45.8. The van der Waals surface area contributed by atoms with E-state index in [1.54, 1.807) is 17.9 Å². The molecule has 2 atom stereocenters. The molecular weight excluding hydrogens is 513 g/mol. The van der Waals surface area contributed by atoms with Crippen molar-refractivity contribution in [2.75, 3.05) is 26.7 Å². The molecule has 3 aromatic rings. The van der Waals surface area contributed by atoms with Crippen molar-refractivity contribution >= 4 is 16.8 Å². The van der Waals surface area contributed by atoms with E-state index in [2.05, 4.69) is 21.8 Å². The third-order valence-electron chi connectivity index (χ3n) is 7.79. The summed E-state index contributed by atoms with van der Waals surface area (Å²) in [4.78, 5) is 30.3. The van der Waals surface area contributed by atoms with Gasteiger partial charge in [0.15, 0.2) is 6.10 Å². The topological polar surface area (TPSA) is 99.6 Å². The molecule has 1 amide bonds. The zero-order valence-corrected chi connectivity index (χ0v) is 22.6. The quantitative estimate of drug-likeness (QED) is 0.394. The van der Waals surface area contributed by atoms with Gasteiger partial charge in [-0.15, -0.1) is 0 Å². The minimum Gasteiger partial charge on any atom is -0.496 e. The first-order valence-electron chi connectivity index (χ1n) is 13.0. The SMILES string of the molecule is COc1cc(C)[nH]c(=O)c1CNC(=O)c1c(C)n(C(C)C2CCN(CC(O)C(F)(F)F)CC2)c2ccccc12. The summed E-state index contributed by atoms with van der Waals surface area (Å²) in [6.45, 7) is 6.20. The maximum absolute atomic E-state index is 13.5. The Morgan fingerprint density at radius 2 is 1.90 bits per heavy atom. The highest BCUT2D eigenvalue weighted by atomic mass is 19.4. The molecule has 0 radical (unpaired) electrons. The Kier molecular flexibility index (Phi) is 8.41. The molecule has 1 fully saturated rings. The normalized spacial score (nSPS) is 16.8. The molecule has 2 unspecified atom stereocenters. The summed E-state index contributed by atoms with van der Waals surface area (Å²) in [6.07, 6.45) is -5.62. The first kappa shape index (κ1) is 28.7. The number of carbonyl (C=O) groups is 1. The third-order valence-corrected chi connectivity index (χ3v) is 7.79. The van der Waals surface area contributed by atoms with Crippen molar-refractivity contribution in [2.45, 2.75) is 58.5 Å². The number of pyridine rings is 1. The molecule has 212 valence electrons. The molecule has 39 heavy (non-hydrogen) atoms. The fraction of sp³-hybridized carbons (Fsp3) is 0.500. The predicted octanol–water partition coefficient (Wildman–Crippen LogP) is 4.08. The van der Waals surface area contributed by atoms with E-state index in [4.69, 9.17) is 4.74 Å². The Bertz CT molecular complexity index is 1390. The van der Waals surface area contributed by atoms with Crippen molar-refractivity contribution in [1.29, 1.82) is 0 Å². The summed E-state index contributed by atoms with van der Waals surface area (Å²) in [5.74, 6) is 0.274. The van der Waals surface area contributed by atoms with Crippen LogP contribution >= 0.6 is 0 Å². The number of carbonyl (C=O) groups excluding carboxylic acids is 1. The summed E-state index contributed by atoms with van der Waals surface area (Å²) in [7, 11) is 1.47. The van der Waals surface area contributed by atoms with E-state index in [0.29, 0.717) is 48.5 Å². The van der Waals surface area contributed by atoms with Crippen LogP contribution in [0.5, 0.6) is 5.75 Å². The van der Waals surface area contributed by atoms with Crippen LogP contribution in [-0.2, 0) is 6.54 Å². The Hall–Kier alpha value is -3.31. The number of methoxy groups -OCH3 is 1. The molecule has 11 heteroatoms. The highest BCUT2D eigenvalue weighted by Gasteiger charge is 2.40. The number of rotatable bonds is 8. The number of fused-ring (bicyclic) bond motifs is 1. The van der Waals surface area contributed by atoms with Gasteiger partial charge in [0, 0.05) is 34.9 Å². The molecule has 1 aliphatic rings. The number of aryl methyl sites for hydroxylation is 1. The van der Waals surface area contributed by atoms with E-state index in [9.17, 15) is 27.9 Å². The van der Waals surface area contributed by atoms with Crippen molar-refractivity contribution in [3.8, 4) is 5.75 Å². The number of halogens is 3. The first-order valence-corrected chi connectivity index (χ1v) is 13.0. The van der Waals surface area contributed by atoms with E-state index < -0.39 is 18.8 Å².